The van der Waals surface area contributed by atoms with Gasteiger partial charge in [-0.15, -0.1) is 0 Å². The molecule has 1 rings (SSSR count). The molecule has 0 aromatic carbocycles. The number of pyridine rings is 1. The Labute approximate surface area is 140 Å². The van der Waals surface area contributed by atoms with E-state index in [4.69, 9.17) is 4.74 Å². The number of sulfonamides is 1. The summed E-state index contributed by atoms with van der Waals surface area (Å²) in [5.41, 5.74) is -0.701. The van der Waals surface area contributed by atoms with Crippen molar-refractivity contribution in [3.63, 3.8) is 0 Å². The Morgan fingerprint density at radius 1 is 1.29 bits per heavy atom. The highest BCUT2D eigenvalue weighted by Gasteiger charge is 2.29. The second-order valence-electron chi connectivity index (χ2n) is 5.70. The van der Waals surface area contributed by atoms with Gasteiger partial charge in [0.2, 0.25) is 21.8 Å². The molecule has 0 aliphatic carbocycles. The summed E-state index contributed by atoms with van der Waals surface area (Å²) in [4.78, 5) is 28.0. The average Bonchev–Trinajstić information content (AvgIpc) is 2.51. The minimum Gasteiger partial charge on any atom is -0.480 e. The van der Waals surface area contributed by atoms with Crippen molar-refractivity contribution >= 4 is 27.6 Å². The molecule has 2 N–H and O–H groups in total. The summed E-state index contributed by atoms with van der Waals surface area (Å²) in [6.45, 7) is 3.09. The van der Waals surface area contributed by atoms with Crippen LogP contribution in [0.25, 0.3) is 0 Å². The number of hydrogen-bond donors (Lipinski definition) is 2. The lowest BCUT2D eigenvalue weighted by molar-refractivity contribution is -0.123. The molecular weight excluding hydrogens is 338 g/mol. The number of anilines is 1. The van der Waals surface area contributed by atoms with Gasteiger partial charge in [0.05, 0.1) is 37.8 Å². The molecule has 24 heavy (non-hydrogen) atoms. The quantitative estimate of drug-likeness (QED) is 0.675. The molecular formula is C14H21N3O6S. The Hall–Kier alpha value is -2.20. The third-order valence-electron chi connectivity index (χ3n) is 3.10. The first kappa shape index (κ1) is 19.8. The standard InChI is InChI=1S/C14H21N3O6S/c1-14(2,8-16-24(5,20)21)13(19)17-9-6-10(12(18)23-4)11(22-3)15-7-9/h6-7,16H,8H2,1-5H3,(H,17,19). The third-order valence-corrected chi connectivity index (χ3v) is 3.77. The summed E-state index contributed by atoms with van der Waals surface area (Å²) in [5.74, 6) is -1.03. The van der Waals surface area contributed by atoms with E-state index in [-0.39, 0.29) is 23.7 Å². The number of carbonyl (C=O) groups is 2. The minimum atomic E-state index is -3.41. The lowest BCUT2D eigenvalue weighted by atomic mass is 9.92. The summed E-state index contributed by atoms with van der Waals surface area (Å²) >= 11 is 0. The van der Waals surface area contributed by atoms with Crippen LogP contribution < -0.4 is 14.8 Å². The Morgan fingerprint density at radius 2 is 1.92 bits per heavy atom. The highest BCUT2D eigenvalue weighted by molar-refractivity contribution is 7.88. The van der Waals surface area contributed by atoms with Crippen molar-refractivity contribution in [1.82, 2.24) is 9.71 Å². The topological polar surface area (TPSA) is 124 Å². The van der Waals surface area contributed by atoms with E-state index in [1.165, 1.54) is 26.5 Å². The van der Waals surface area contributed by atoms with Gasteiger partial charge < -0.3 is 14.8 Å². The molecule has 0 atom stereocenters. The Kier molecular flexibility index (Phi) is 6.27. The lowest BCUT2D eigenvalue weighted by Crippen LogP contribution is -2.41. The summed E-state index contributed by atoms with van der Waals surface area (Å²) in [6.07, 6.45) is 2.33. The molecule has 0 spiro atoms. The first-order chi connectivity index (χ1) is 11.0. The predicted octanol–water partition coefficient (Wildman–Crippen LogP) is 0.391. The molecule has 0 aliphatic rings. The Bertz CT molecular complexity index is 730. The minimum absolute atomic E-state index is 0.0601. The van der Waals surface area contributed by atoms with Crippen molar-refractivity contribution in [2.24, 2.45) is 5.41 Å². The SMILES string of the molecule is COC(=O)c1cc(NC(=O)C(C)(C)CNS(C)(=O)=O)cnc1OC. The van der Waals surface area contributed by atoms with Crippen LogP contribution in [0.3, 0.4) is 0 Å². The average molecular weight is 359 g/mol. The van der Waals surface area contributed by atoms with Crippen molar-refractivity contribution in [1.29, 1.82) is 0 Å². The summed E-state index contributed by atoms with van der Waals surface area (Å²) in [5, 5.41) is 2.59. The molecule has 0 unspecified atom stereocenters. The number of rotatable bonds is 7. The maximum absolute atomic E-state index is 12.3. The zero-order valence-electron chi connectivity index (χ0n) is 14.2. The second-order valence-corrected chi connectivity index (χ2v) is 7.54. The van der Waals surface area contributed by atoms with Gasteiger partial charge in [-0.3, -0.25) is 4.79 Å². The Balaban J connectivity index is 2.95. The van der Waals surface area contributed by atoms with Gasteiger partial charge in [-0.2, -0.15) is 0 Å². The second kappa shape index (κ2) is 7.58. The summed E-state index contributed by atoms with van der Waals surface area (Å²) in [7, 11) is -0.845. The van der Waals surface area contributed by atoms with E-state index in [0.29, 0.717) is 0 Å². The van der Waals surface area contributed by atoms with Gasteiger partial charge in [-0.1, -0.05) is 0 Å². The van der Waals surface area contributed by atoms with E-state index in [2.05, 4.69) is 19.8 Å². The number of nitrogens with one attached hydrogen (secondary N) is 2. The number of amides is 1. The van der Waals surface area contributed by atoms with Crippen LogP contribution >= 0.6 is 0 Å². The fraction of sp³-hybridized carbons (Fsp3) is 0.500. The number of aromatic nitrogens is 1. The largest absolute Gasteiger partial charge is 0.480 e. The first-order valence-electron chi connectivity index (χ1n) is 6.88. The Morgan fingerprint density at radius 3 is 2.42 bits per heavy atom. The molecule has 9 nitrogen and oxygen atoms in total. The summed E-state index contributed by atoms with van der Waals surface area (Å²) < 4.78 is 34.2. The van der Waals surface area contributed by atoms with Crippen molar-refractivity contribution in [2.45, 2.75) is 13.8 Å². The van der Waals surface area contributed by atoms with E-state index in [9.17, 15) is 18.0 Å². The van der Waals surface area contributed by atoms with Gasteiger partial charge in [0.15, 0.2) is 0 Å². The van der Waals surface area contributed by atoms with Crippen molar-refractivity contribution in [3.8, 4) is 5.88 Å². The smallest absolute Gasteiger partial charge is 0.343 e. The van der Waals surface area contributed by atoms with E-state index in [0.717, 1.165) is 6.26 Å². The number of esters is 1. The van der Waals surface area contributed by atoms with Crippen LogP contribution in [0.15, 0.2) is 12.3 Å². The molecule has 0 fully saturated rings. The molecule has 1 amide bonds. The van der Waals surface area contributed by atoms with Crippen LogP contribution in [0.2, 0.25) is 0 Å². The van der Waals surface area contributed by atoms with Crippen LogP contribution in [0.1, 0.15) is 24.2 Å². The highest BCUT2D eigenvalue weighted by atomic mass is 32.2. The van der Waals surface area contributed by atoms with Gasteiger partial charge in [0, 0.05) is 6.54 Å². The predicted molar refractivity (Wildman–Crippen MR) is 87.4 cm³/mol. The monoisotopic (exact) mass is 359 g/mol. The molecule has 10 heteroatoms. The van der Waals surface area contributed by atoms with Gasteiger partial charge in [-0.25, -0.2) is 22.9 Å². The number of ether oxygens (including phenoxy) is 2. The van der Waals surface area contributed by atoms with Crippen LogP contribution in [0, 0.1) is 5.41 Å². The van der Waals surface area contributed by atoms with Crippen LogP contribution in [-0.2, 0) is 19.6 Å². The normalized spacial score (nSPS) is 11.7. The van der Waals surface area contributed by atoms with Gasteiger partial charge >= 0.3 is 5.97 Å². The molecule has 134 valence electrons. The number of hydrogen-bond acceptors (Lipinski definition) is 7. The number of nitrogens with zero attached hydrogens (tertiary/aromatic N) is 1. The zero-order valence-corrected chi connectivity index (χ0v) is 15.0. The molecule has 0 saturated carbocycles. The van der Waals surface area contributed by atoms with Crippen LogP contribution in [0.4, 0.5) is 5.69 Å². The molecule has 1 aromatic rings. The summed E-state index contributed by atoms with van der Waals surface area (Å²) in [6, 6.07) is 1.37. The van der Waals surface area contributed by atoms with E-state index in [1.54, 1.807) is 13.8 Å². The highest BCUT2D eigenvalue weighted by Crippen LogP contribution is 2.22. The van der Waals surface area contributed by atoms with E-state index in [1.807, 2.05) is 0 Å². The van der Waals surface area contributed by atoms with Crippen molar-refractivity contribution < 1.29 is 27.5 Å². The number of methoxy groups -OCH3 is 2. The third kappa shape index (κ3) is 5.46. The molecule has 1 heterocycles. The zero-order chi connectivity index (χ0) is 18.5. The van der Waals surface area contributed by atoms with Crippen LogP contribution in [0.5, 0.6) is 5.88 Å². The molecule has 0 aliphatic heterocycles. The lowest BCUT2D eigenvalue weighted by Gasteiger charge is -2.23. The van der Waals surface area contributed by atoms with Crippen molar-refractivity contribution in [2.75, 3.05) is 32.3 Å². The van der Waals surface area contributed by atoms with Crippen LogP contribution in [-0.4, -0.2) is 52.3 Å². The fourth-order valence-electron chi connectivity index (χ4n) is 1.63. The van der Waals surface area contributed by atoms with Crippen molar-refractivity contribution in [3.05, 3.63) is 17.8 Å². The van der Waals surface area contributed by atoms with Gasteiger partial charge in [-0.05, 0) is 19.9 Å². The molecule has 0 radical (unpaired) electrons. The number of carbonyl (C=O) groups excluding carboxylic acids is 2. The molecule has 0 saturated heterocycles. The first-order valence-corrected chi connectivity index (χ1v) is 8.78. The fourth-order valence-corrected chi connectivity index (χ4v) is 2.25. The van der Waals surface area contributed by atoms with Gasteiger partial charge in [0.25, 0.3) is 0 Å². The molecule has 1 aromatic heterocycles. The molecule has 0 bridgehead atoms. The van der Waals surface area contributed by atoms with Gasteiger partial charge in [0.1, 0.15) is 5.56 Å². The maximum atomic E-state index is 12.3. The van der Waals surface area contributed by atoms with E-state index >= 15 is 0 Å². The van der Waals surface area contributed by atoms with E-state index < -0.39 is 27.3 Å². The maximum Gasteiger partial charge on any atom is 0.343 e.